The van der Waals surface area contributed by atoms with E-state index in [0.29, 0.717) is 19.0 Å². The lowest BCUT2D eigenvalue weighted by Gasteiger charge is -2.11. The number of methoxy groups -OCH3 is 1. The Morgan fingerprint density at radius 2 is 1.95 bits per heavy atom. The molecule has 2 N–H and O–H groups in total. The fraction of sp³-hybridized carbons (Fsp3) is 0.333. The van der Waals surface area contributed by atoms with Crippen LogP contribution in [0.5, 0.6) is 5.75 Å². The maximum Gasteiger partial charge on any atom is 0.131 e. The highest BCUT2D eigenvalue weighted by Crippen LogP contribution is 2.29. The van der Waals surface area contributed by atoms with Crippen molar-refractivity contribution in [3.8, 4) is 17.0 Å². The Bertz CT molecular complexity index is 573. The highest BCUT2D eigenvalue weighted by atomic mass is 16.5. The Kier molecular flexibility index (Phi) is 4.90. The van der Waals surface area contributed by atoms with Gasteiger partial charge in [0.2, 0.25) is 0 Å². The molecular weight excluding hydrogens is 254 g/mol. The van der Waals surface area contributed by atoms with E-state index in [1.54, 1.807) is 13.2 Å². The fourth-order valence-corrected chi connectivity index (χ4v) is 1.85. The van der Waals surface area contributed by atoms with E-state index in [9.17, 15) is 0 Å². The van der Waals surface area contributed by atoms with Crippen LogP contribution in [0.2, 0.25) is 0 Å². The molecule has 0 radical (unpaired) electrons. The third kappa shape index (κ3) is 3.45. The van der Waals surface area contributed by atoms with Crippen LogP contribution in [0.1, 0.15) is 12.7 Å². The van der Waals surface area contributed by atoms with Crippen molar-refractivity contribution in [1.82, 2.24) is 9.97 Å². The van der Waals surface area contributed by atoms with Gasteiger partial charge in [-0.3, -0.25) is 0 Å². The number of nitrogens with two attached hydrogens (primary N) is 1. The van der Waals surface area contributed by atoms with Crippen LogP contribution in [0, 0.1) is 0 Å². The van der Waals surface area contributed by atoms with Gasteiger partial charge in [-0.15, -0.1) is 0 Å². The van der Waals surface area contributed by atoms with Gasteiger partial charge >= 0.3 is 0 Å². The lowest BCUT2D eigenvalue weighted by Crippen LogP contribution is -2.06. The number of para-hydroxylation sites is 1. The number of aryl methyl sites for hydroxylation is 1. The van der Waals surface area contributed by atoms with Crippen LogP contribution in [-0.2, 0) is 11.2 Å². The van der Waals surface area contributed by atoms with Gasteiger partial charge in [-0.25, -0.2) is 9.97 Å². The molecule has 2 aromatic rings. The molecule has 0 saturated carbocycles. The minimum Gasteiger partial charge on any atom is -0.490 e. The third-order valence-corrected chi connectivity index (χ3v) is 2.82. The quantitative estimate of drug-likeness (QED) is 0.818. The summed E-state index contributed by atoms with van der Waals surface area (Å²) < 4.78 is 10.7. The van der Waals surface area contributed by atoms with Crippen molar-refractivity contribution in [3.63, 3.8) is 0 Å². The Morgan fingerprint density at radius 1 is 1.15 bits per heavy atom. The molecule has 0 aliphatic carbocycles. The van der Waals surface area contributed by atoms with Gasteiger partial charge < -0.3 is 15.2 Å². The van der Waals surface area contributed by atoms with Gasteiger partial charge in [0.25, 0.3) is 0 Å². The van der Waals surface area contributed by atoms with Crippen LogP contribution in [0.25, 0.3) is 11.3 Å². The SMILES string of the molecule is CCc1nc(N)cc(-c2ccccc2OCCOC)n1. The van der Waals surface area contributed by atoms with Crippen LogP contribution in [-0.4, -0.2) is 30.3 Å². The first-order valence-electron chi connectivity index (χ1n) is 6.59. The second-order valence-corrected chi connectivity index (χ2v) is 4.29. The van der Waals surface area contributed by atoms with Gasteiger partial charge in [-0.2, -0.15) is 0 Å². The average Bonchev–Trinajstić information content (AvgIpc) is 2.47. The summed E-state index contributed by atoms with van der Waals surface area (Å²) in [4.78, 5) is 8.70. The monoisotopic (exact) mass is 273 g/mol. The molecule has 0 atom stereocenters. The van der Waals surface area contributed by atoms with Crippen LogP contribution >= 0.6 is 0 Å². The second kappa shape index (κ2) is 6.86. The molecule has 0 aliphatic heterocycles. The minimum absolute atomic E-state index is 0.471. The van der Waals surface area contributed by atoms with E-state index < -0.39 is 0 Å². The molecule has 1 heterocycles. The molecule has 0 unspecified atom stereocenters. The zero-order valence-electron chi connectivity index (χ0n) is 11.8. The first kappa shape index (κ1) is 14.3. The number of benzene rings is 1. The summed E-state index contributed by atoms with van der Waals surface area (Å²) in [6.07, 6.45) is 0.741. The third-order valence-electron chi connectivity index (χ3n) is 2.82. The van der Waals surface area contributed by atoms with Crippen molar-refractivity contribution in [2.24, 2.45) is 0 Å². The summed E-state index contributed by atoms with van der Waals surface area (Å²) in [5, 5.41) is 0. The van der Waals surface area contributed by atoms with E-state index in [-0.39, 0.29) is 0 Å². The predicted octanol–water partition coefficient (Wildman–Crippen LogP) is 2.31. The fourth-order valence-electron chi connectivity index (χ4n) is 1.85. The molecule has 0 bridgehead atoms. The lowest BCUT2D eigenvalue weighted by atomic mass is 10.1. The number of rotatable bonds is 6. The van der Waals surface area contributed by atoms with Crippen molar-refractivity contribution in [3.05, 3.63) is 36.2 Å². The number of hydrogen-bond donors (Lipinski definition) is 1. The first-order chi connectivity index (χ1) is 9.74. The van der Waals surface area contributed by atoms with Crippen molar-refractivity contribution >= 4 is 5.82 Å². The molecule has 0 aliphatic rings. The molecule has 2 rings (SSSR count). The molecule has 0 amide bonds. The van der Waals surface area contributed by atoms with Crippen molar-refractivity contribution < 1.29 is 9.47 Å². The zero-order chi connectivity index (χ0) is 14.4. The Balaban J connectivity index is 2.34. The van der Waals surface area contributed by atoms with Crippen LogP contribution in [0.3, 0.4) is 0 Å². The molecule has 20 heavy (non-hydrogen) atoms. The molecular formula is C15H19N3O2. The van der Waals surface area contributed by atoms with Crippen LogP contribution in [0.15, 0.2) is 30.3 Å². The molecule has 1 aromatic heterocycles. The standard InChI is InChI=1S/C15H19N3O2/c1-3-15-17-12(10-14(16)18-15)11-6-4-5-7-13(11)20-9-8-19-2/h4-7,10H,3,8-9H2,1-2H3,(H2,16,17,18). The van der Waals surface area contributed by atoms with Crippen LogP contribution in [0.4, 0.5) is 5.82 Å². The summed E-state index contributed by atoms with van der Waals surface area (Å²) in [6, 6.07) is 9.51. The Morgan fingerprint density at radius 3 is 2.70 bits per heavy atom. The molecule has 5 heteroatoms. The molecule has 1 aromatic carbocycles. The summed E-state index contributed by atoms with van der Waals surface area (Å²) in [5.74, 6) is 1.97. The van der Waals surface area contributed by atoms with E-state index in [4.69, 9.17) is 15.2 Å². The first-order valence-corrected chi connectivity index (χ1v) is 6.59. The van der Waals surface area contributed by atoms with Gasteiger partial charge in [0.15, 0.2) is 0 Å². The number of anilines is 1. The van der Waals surface area contributed by atoms with Gasteiger partial charge in [-0.05, 0) is 12.1 Å². The highest BCUT2D eigenvalue weighted by molar-refractivity contribution is 5.68. The zero-order valence-corrected chi connectivity index (χ0v) is 11.8. The van der Waals surface area contributed by atoms with Crippen LogP contribution < -0.4 is 10.5 Å². The number of nitrogen functional groups attached to an aromatic ring is 1. The van der Waals surface area contributed by atoms with Crippen molar-refractivity contribution in [2.75, 3.05) is 26.1 Å². The predicted molar refractivity (Wildman–Crippen MR) is 78.6 cm³/mol. The topological polar surface area (TPSA) is 70.3 Å². The number of ether oxygens (including phenoxy) is 2. The highest BCUT2D eigenvalue weighted by Gasteiger charge is 2.09. The summed E-state index contributed by atoms with van der Waals surface area (Å²) in [6.45, 7) is 3.04. The maximum absolute atomic E-state index is 5.83. The lowest BCUT2D eigenvalue weighted by molar-refractivity contribution is 0.146. The average molecular weight is 273 g/mol. The summed E-state index contributed by atoms with van der Waals surface area (Å²) >= 11 is 0. The van der Waals surface area contributed by atoms with Gasteiger partial charge in [-0.1, -0.05) is 19.1 Å². The van der Waals surface area contributed by atoms with Crippen molar-refractivity contribution in [1.29, 1.82) is 0 Å². The normalized spacial score (nSPS) is 10.5. The van der Waals surface area contributed by atoms with Crippen molar-refractivity contribution in [2.45, 2.75) is 13.3 Å². The summed E-state index contributed by atoms with van der Waals surface area (Å²) in [7, 11) is 1.65. The Labute approximate surface area is 118 Å². The number of nitrogens with zero attached hydrogens (tertiary/aromatic N) is 2. The van der Waals surface area contributed by atoms with E-state index in [1.165, 1.54) is 0 Å². The molecule has 0 saturated heterocycles. The molecule has 5 nitrogen and oxygen atoms in total. The van der Waals surface area contributed by atoms with E-state index in [1.807, 2.05) is 31.2 Å². The van der Waals surface area contributed by atoms with E-state index in [2.05, 4.69) is 9.97 Å². The molecule has 0 spiro atoms. The van der Waals surface area contributed by atoms with E-state index in [0.717, 1.165) is 29.3 Å². The number of hydrogen-bond acceptors (Lipinski definition) is 5. The number of aromatic nitrogens is 2. The molecule has 106 valence electrons. The Hall–Kier alpha value is -2.14. The van der Waals surface area contributed by atoms with Gasteiger partial charge in [0, 0.05) is 25.2 Å². The second-order valence-electron chi connectivity index (χ2n) is 4.29. The molecule has 0 fully saturated rings. The smallest absolute Gasteiger partial charge is 0.131 e. The summed E-state index contributed by atoms with van der Waals surface area (Å²) in [5.41, 5.74) is 7.52. The van der Waals surface area contributed by atoms with Gasteiger partial charge in [0.05, 0.1) is 12.3 Å². The van der Waals surface area contributed by atoms with Gasteiger partial charge in [0.1, 0.15) is 24.0 Å². The van der Waals surface area contributed by atoms with E-state index >= 15 is 0 Å². The maximum atomic E-state index is 5.83. The largest absolute Gasteiger partial charge is 0.490 e. The minimum atomic E-state index is 0.471.